The fraction of sp³-hybridized carbons (Fsp3) is 0.400. The van der Waals surface area contributed by atoms with Gasteiger partial charge in [-0.25, -0.2) is 0 Å². The monoisotopic (exact) mass is 230 g/mol. The van der Waals surface area contributed by atoms with Gasteiger partial charge in [0.05, 0.1) is 11.5 Å². The second-order valence-corrected chi connectivity index (χ2v) is 4.76. The lowest BCUT2D eigenvalue weighted by Gasteiger charge is -2.36. The molecule has 2 unspecified atom stereocenters. The molecule has 1 aromatic rings. The van der Waals surface area contributed by atoms with Gasteiger partial charge in [0.1, 0.15) is 5.78 Å². The molecule has 1 aliphatic carbocycles. The van der Waals surface area contributed by atoms with Crippen molar-refractivity contribution in [3.05, 3.63) is 48.6 Å². The number of carbonyl (C=O) groups excluding carboxylic acids is 1. The SMILES string of the molecule is C=CC1(O)CCCC(=O)C1Cc1ccccc1. The molecular formula is C15H18O2. The van der Waals surface area contributed by atoms with E-state index in [2.05, 4.69) is 6.58 Å². The normalized spacial score (nSPS) is 29.0. The summed E-state index contributed by atoms with van der Waals surface area (Å²) in [6.45, 7) is 3.68. The molecule has 0 bridgehead atoms. The van der Waals surface area contributed by atoms with Crippen molar-refractivity contribution in [3.8, 4) is 0 Å². The summed E-state index contributed by atoms with van der Waals surface area (Å²) in [4.78, 5) is 12.0. The number of benzene rings is 1. The van der Waals surface area contributed by atoms with Crippen molar-refractivity contribution in [2.75, 3.05) is 0 Å². The Bertz CT molecular complexity index is 410. The Kier molecular flexibility index (Phi) is 3.43. The number of hydrogen-bond donors (Lipinski definition) is 1. The van der Waals surface area contributed by atoms with Crippen molar-refractivity contribution in [2.45, 2.75) is 31.3 Å². The van der Waals surface area contributed by atoms with Gasteiger partial charge in [0.25, 0.3) is 0 Å². The van der Waals surface area contributed by atoms with E-state index in [9.17, 15) is 9.90 Å². The van der Waals surface area contributed by atoms with Crippen LogP contribution in [0.4, 0.5) is 0 Å². The van der Waals surface area contributed by atoms with Gasteiger partial charge in [-0.3, -0.25) is 4.79 Å². The zero-order valence-electron chi connectivity index (χ0n) is 9.93. The molecule has 2 rings (SSSR count). The highest BCUT2D eigenvalue weighted by Gasteiger charge is 2.41. The summed E-state index contributed by atoms with van der Waals surface area (Å²) in [5.41, 5.74) is 0.0681. The summed E-state index contributed by atoms with van der Waals surface area (Å²) in [6.07, 6.45) is 4.11. The molecule has 90 valence electrons. The quantitative estimate of drug-likeness (QED) is 0.810. The first-order chi connectivity index (χ1) is 8.15. The number of ketones is 1. The summed E-state index contributed by atoms with van der Waals surface area (Å²) < 4.78 is 0. The van der Waals surface area contributed by atoms with E-state index >= 15 is 0 Å². The molecule has 0 spiro atoms. The Morgan fingerprint density at radius 2 is 2.12 bits per heavy atom. The minimum Gasteiger partial charge on any atom is -0.385 e. The maximum Gasteiger partial charge on any atom is 0.139 e. The second-order valence-electron chi connectivity index (χ2n) is 4.76. The van der Waals surface area contributed by atoms with E-state index in [4.69, 9.17) is 0 Å². The summed E-state index contributed by atoms with van der Waals surface area (Å²) in [5.74, 6) is -0.182. The number of rotatable bonds is 3. The van der Waals surface area contributed by atoms with Crippen molar-refractivity contribution in [2.24, 2.45) is 5.92 Å². The van der Waals surface area contributed by atoms with Crippen LogP contribution in [0.3, 0.4) is 0 Å². The van der Waals surface area contributed by atoms with E-state index in [0.29, 0.717) is 19.3 Å². The highest BCUT2D eigenvalue weighted by atomic mass is 16.3. The summed E-state index contributed by atoms with van der Waals surface area (Å²) in [7, 11) is 0. The highest BCUT2D eigenvalue weighted by Crippen LogP contribution is 2.34. The maximum atomic E-state index is 12.0. The van der Waals surface area contributed by atoms with Crippen molar-refractivity contribution in [3.63, 3.8) is 0 Å². The molecule has 0 radical (unpaired) electrons. The lowest BCUT2D eigenvalue weighted by atomic mass is 9.72. The van der Waals surface area contributed by atoms with Gasteiger partial charge in [-0.05, 0) is 24.8 Å². The molecule has 1 aromatic carbocycles. The molecule has 1 N–H and O–H groups in total. The van der Waals surface area contributed by atoms with E-state index in [0.717, 1.165) is 12.0 Å². The zero-order chi connectivity index (χ0) is 12.3. The first-order valence-electron chi connectivity index (χ1n) is 6.08. The number of Topliss-reactive ketones (excluding diaryl/α,β-unsaturated/α-hetero) is 1. The third-order valence-corrected chi connectivity index (χ3v) is 3.63. The van der Waals surface area contributed by atoms with Crippen LogP contribution in [0.15, 0.2) is 43.0 Å². The minimum atomic E-state index is -1.02. The van der Waals surface area contributed by atoms with Gasteiger partial charge in [-0.1, -0.05) is 36.4 Å². The van der Waals surface area contributed by atoms with Crippen LogP contribution in [-0.2, 0) is 11.2 Å². The molecule has 0 saturated heterocycles. The Hall–Kier alpha value is -1.41. The van der Waals surface area contributed by atoms with Crippen LogP contribution in [0.25, 0.3) is 0 Å². The topological polar surface area (TPSA) is 37.3 Å². The van der Waals surface area contributed by atoms with Gasteiger partial charge in [0, 0.05) is 6.42 Å². The molecule has 17 heavy (non-hydrogen) atoms. The molecule has 0 aromatic heterocycles. The van der Waals surface area contributed by atoms with E-state index in [1.54, 1.807) is 0 Å². The third-order valence-electron chi connectivity index (χ3n) is 3.63. The van der Waals surface area contributed by atoms with Gasteiger partial charge in [0.2, 0.25) is 0 Å². The first-order valence-corrected chi connectivity index (χ1v) is 6.08. The van der Waals surface area contributed by atoms with Crippen molar-refractivity contribution in [1.29, 1.82) is 0 Å². The zero-order valence-corrected chi connectivity index (χ0v) is 9.93. The molecule has 2 atom stereocenters. The third kappa shape index (κ3) is 2.47. The predicted molar refractivity (Wildman–Crippen MR) is 67.6 cm³/mol. The van der Waals surface area contributed by atoms with E-state index in [-0.39, 0.29) is 11.7 Å². The Morgan fingerprint density at radius 1 is 1.41 bits per heavy atom. The Labute approximate surface area is 102 Å². The van der Waals surface area contributed by atoms with E-state index in [1.807, 2.05) is 30.3 Å². The molecule has 0 heterocycles. The maximum absolute atomic E-state index is 12.0. The lowest BCUT2D eigenvalue weighted by Crippen LogP contribution is -2.45. The van der Waals surface area contributed by atoms with Crippen LogP contribution in [0.5, 0.6) is 0 Å². The van der Waals surface area contributed by atoms with E-state index in [1.165, 1.54) is 6.08 Å². The number of carbonyl (C=O) groups is 1. The average molecular weight is 230 g/mol. The van der Waals surface area contributed by atoms with Crippen LogP contribution in [0, 0.1) is 5.92 Å². The van der Waals surface area contributed by atoms with Crippen molar-refractivity contribution >= 4 is 5.78 Å². The minimum absolute atomic E-state index is 0.155. The van der Waals surface area contributed by atoms with Gasteiger partial charge >= 0.3 is 0 Å². The predicted octanol–water partition coefficient (Wildman–Crippen LogP) is 2.52. The van der Waals surface area contributed by atoms with Crippen LogP contribution in [0.1, 0.15) is 24.8 Å². The van der Waals surface area contributed by atoms with Crippen molar-refractivity contribution in [1.82, 2.24) is 0 Å². The first kappa shape index (κ1) is 12.1. The largest absolute Gasteiger partial charge is 0.385 e. The summed E-state index contributed by atoms with van der Waals surface area (Å²) in [6, 6.07) is 9.84. The molecule has 0 amide bonds. The van der Waals surface area contributed by atoms with Crippen molar-refractivity contribution < 1.29 is 9.90 Å². The number of aliphatic hydroxyl groups is 1. The van der Waals surface area contributed by atoms with Crippen LogP contribution in [0.2, 0.25) is 0 Å². The molecule has 1 fully saturated rings. The van der Waals surface area contributed by atoms with Gasteiger partial charge in [-0.15, -0.1) is 6.58 Å². The fourth-order valence-corrected chi connectivity index (χ4v) is 2.56. The Morgan fingerprint density at radius 3 is 2.76 bits per heavy atom. The van der Waals surface area contributed by atoms with Crippen LogP contribution in [-0.4, -0.2) is 16.5 Å². The second kappa shape index (κ2) is 4.84. The van der Waals surface area contributed by atoms with E-state index < -0.39 is 5.60 Å². The van der Waals surface area contributed by atoms with Gasteiger partial charge in [0.15, 0.2) is 0 Å². The highest BCUT2D eigenvalue weighted by molar-refractivity contribution is 5.83. The molecule has 1 saturated carbocycles. The number of hydrogen-bond acceptors (Lipinski definition) is 2. The van der Waals surface area contributed by atoms with Crippen LogP contribution < -0.4 is 0 Å². The summed E-state index contributed by atoms with van der Waals surface area (Å²) in [5, 5.41) is 10.4. The van der Waals surface area contributed by atoms with Gasteiger partial charge < -0.3 is 5.11 Å². The lowest BCUT2D eigenvalue weighted by molar-refractivity contribution is -0.133. The average Bonchev–Trinajstić information content (AvgIpc) is 2.35. The molecule has 2 heteroatoms. The molecule has 1 aliphatic rings. The fourth-order valence-electron chi connectivity index (χ4n) is 2.56. The van der Waals surface area contributed by atoms with Crippen LogP contribution >= 0.6 is 0 Å². The van der Waals surface area contributed by atoms with Gasteiger partial charge in [-0.2, -0.15) is 0 Å². The molecular weight excluding hydrogens is 212 g/mol. The molecule has 2 nitrogen and oxygen atoms in total. The smallest absolute Gasteiger partial charge is 0.139 e. The molecule has 0 aliphatic heterocycles. The standard InChI is InChI=1S/C15H18O2/c1-2-15(17)10-6-9-14(16)13(15)11-12-7-4-3-5-8-12/h2-5,7-8,13,17H,1,6,9-11H2. The summed E-state index contributed by atoms with van der Waals surface area (Å²) >= 11 is 0. The Balaban J connectivity index is 2.21.